The number of aliphatic hydroxyl groups excluding tert-OH is 1. The van der Waals surface area contributed by atoms with Crippen LogP contribution >= 0.6 is 0 Å². The number of hydrogen-bond donors (Lipinski definition) is 1. The second-order valence-electron chi connectivity index (χ2n) is 3.22. The van der Waals surface area contributed by atoms with Crippen LogP contribution in [0.25, 0.3) is 0 Å². The van der Waals surface area contributed by atoms with Crippen LogP contribution in [0.4, 0.5) is 0 Å². The molecule has 1 N–H and O–H groups in total. The molecule has 1 saturated heterocycles. The van der Waals surface area contributed by atoms with Gasteiger partial charge in [0.2, 0.25) is 0 Å². The number of rotatable bonds is 5. The fourth-order valence-corrected chi connectivity index (χ4v) is 1.55. The zero-order valence-electron chi connectivity index (χ0n) is 7.82. The molecular formula is C9H17NO3. The third kappa shape index (κ3) is 3.42. The Labute approximate surface area is 78.5 Å². The van der Waals surface area contributed by atoms with E-state index >= 15 is 0 Å². The van der Waals surface area contributed by atoms with Gasteiger partial charge < -0.3 is 14.6 Å². The fourth-order valence-electron chi connectivity index (χ4n) is 1.55. The summed E-state index contributed by atoms with van der Waals surface area (Å²) < 4.78 is 5.19. The van der Waals surface area contributed by atoms with Crippen molar-refractivity contribution in [3.63, 3.8) is 0 Å². The van der Waals surface area contributed by atoms with Crippen molar-refractivity contribution in [3.05, 3.63) is 0 Å². The topological polar surface area (TPSA) is 49.8 Å². The van der Waals surface area contributed by atoms with E-state index in [0.717, 1.165) is 25.8 Å². The monoisotopic (exact) mass is 187 g/mol. The number of aldehydes is 1. The van der Waals surface area contributed by atoms with Crippen molar-refractivity contribution in [2.45, 2.75) is 18.9 Å². The molecule has 1 fully saturated rings. The van der Waals surface area contributed by atoms with Gasteiger partial charge in [0.1, 0.15) is 6.29 Å². The molecule has 0 radical (unpaired) electrons. The van der Waals surface area contributed by atoms with Gasteiger partial charge >= 0.3 is 0 Å². The minimum absolute atomic E-state index is 0.0314. The van der Waals surface area contributed by atoms with Crippen LogP contribution < -0.4 is 0 Å². The highest BCUT2D eigenvalue weighted by molar-refractivity contribution is 5.57. The quantitative estimate of drug-likeness (QED) is 0.598. The summed E-state index contributed by atoms with van der Waals surface area (Å²) >= 11 is 0. The van der Waals surface area contributed by atoms with Crippen LogP contribution in [0.2, 0.25) is 0 Å². The summed E-state index contributed by atoms with van der Waals surface area (Å²) in [4.78, 5) is 12.9. The molecule has 0 spiro atoms. The lowest BCUT2D eigenvalue weighted by molar-refractivity contribution is -0.114. The van der Waals surface area contributed by atoms with E-state index in [4.69, 9.17) is 9.84 Å². The molecule has 1 aliphatic rings. The highest BCUT2D eigenvalue weighted by Crippen LogP contribution is 2.07. The lowest BCUT2D eigenvalue weighted by Crippen LogP contribution is -2.44. The van der Waals surface area contributed by atoms with E-state index in [1.165, 1.54) is 0 Å². The van der Waals surface area contributed by atoms with Crippen LogP contribution in [0.1, 0.15) is 12.8 Å². The van der Waals surface area contributed by atoms with Gasteiger partial charge in [0, 0.05) is 19.7 Å². The Morgan fingerprint density at radius 3 is 2.69 bits per heavy atom. The molecule has 0 aromatic heterocycles. The van der Waals surface area contributed by atoms with Crippen molar-refractivity contribution < 1.29 is 14.6 Å². The molecule has 1 unspecified atom stereocenters. The molecule has 4 heteroatoms. The van der Waals surface area contributed by atoms with Gasteiger partial charge in [-0.25, -0.2) is 0 Å². The molecule has 0 amide bonds. The van der Waals surface area contributed by atoms with Crippen molar-refractivity contribution in [2.24, 2.45) is 0 Å². The number of carbonyl (C=O) groups is 1. The number of nitrogens with zero attached hydrogens (tertiary/aromatic N) is 1. The van der Waals surface area contributed by atoms with Crippen LogP contribution in [0.3, 0.4) is 0 Å². The molecule has 0 aromatic carbocycles. The molecule has 1 atom stereocenters. The molecule has 0 aliphatic carbocycles. The average Bonchev–Trinajstić information content (AvgIpc) is 2.21. The molecule has 0 aromatic rings. The summed E-state index contributed by atoms with van der Waals surface area (Å²) in [6, 6.07) is -0.0314. The molecule has 13 heavy (non-hydrogen) atoms. The number of aliphatic hydroxyl groups is 1. The maximum absolute atomic E-state index is 10.7. The van der Waals surface area contributed by atoms with Gasteiger partial charge in [-0.1, -0.05) is 0 Å². The maximum atomic E-state index is 10.7. The summed E-state index contributed by atoms with van der Waals surface area (Å²) in [5.74, 6) is 0. The van der Waals surface area contributed by atoms with E-state index in [1.54, 1.807) is 0 Å². The molecule has 1 heterocycles. The summed E-state index contributed by atoms with van der Waals surface area (Å²) in [5.41, 5.74) is 0. The predicted molar refractivity (Wildman–Crippen MR) is 48.6 cm³/mol. The molecular weight excluding hydrogens is 170 g/mol. The molecule has 4 nitrogen and oxygen atoms in total. The first-order valence-electron chi connectivity index (χ1n) is 4.76. The Bertz CT molecular complexity index is 146. The van der Waals surface area contributed by atoms with Gasteiger partial charge in [-0.2, -0.15) is 0 Å². The second kappa shape index (κ2) is 6.07. The molecule has 76 valence electrons. The first-order chi connectivity index (χ1) is 6.38. The van der Waals surface area contributed by atoms with E-state index in [9.17, 15) is 4.79 Å². The zero-order valence-corrected chi connectivity index (χ0v) is 7.82. The van der Waals surface area contributed by atoms with Crippen molar-refractivity contribution in [1.29, 1.82) is 0 Å². The van der Waals surface area contributed by atoms with Crippen molar-refractivity contribution in [1.82, 2.24) is 4.90 Å². The maximum Gasteiger partial charge on any atom is 0.137 e. The Balaban J connectivity index is 2.30. The Kier molecular flexibility index (Phi) is 4.97. The van der Waals surface area contributed by atoms with Gasteiger partial charge in [0.15, 0.2) is 0 Å². The molecule has 0 saturated carbocycles. The fraction of sp³-hybridized carbons (Fsp3) is 0.889. The number of carbonyl (C=O) groups excluding carboxylic acids is 1. The average molecular weight is 187 g/mol. The van der Waals surface area contributed by atoms with Crippen molar-refractivity contribution in [2.75, 3.05) is 32.9 Å². The minimum atomic E-state index is -0.0314. The number of ether oxygens (including phenoxy) is 1. The standard InChI is InChI=1S/C9H17NO3/c11-5-1-2-9(8-12)10-3-6-13-7-4-10/h8-9,11H,1-7H2. The largest absolute Gasteiger partial charge is 0.396 e. The first kappa shape index (κ1) is 10.6. The normalized spacial score (nSPS) is 21.3. The number of morpholine rings is 1. The second-order valence-corrected chi connectivity index (χ2v) is 3.22. The smallest absolute Gasteiger partial charge is 0.137 e. The van der Waals surface area contributed by atoms with Gasteiger partial charge in [-0.15, -0.1) is 0 Å². The summed E-state index contributed by atoms with van der Waals surface area (Å²) in [5, 5.41) is 8.65. The van der Waals surface area contributed by atoms with Gasteiger partial charge in [0.25, 0.3) is 0 Å². The Morgan fingerprint density at radius 2 is 2.15 bits per heavy atom. The van der Waals surface area contributed by atoms with Gasteiger partial charge in [-0.05, 0) is 12.8 Å². The lowest BCUT2D eigenvalue weighted by atomic mass is 10.1. The van der Waals surface area contributed by atoms with Crippen molar-refractivity contribution in [3.8, 4) is 0 Å². The number of hydrogen-bond acceptors (Lipinski definition) is 4. The van der Waals surface area contributed by atoms with Crippen LogP contribution in [0.15, 0.2) is 0 Å². The third-order valence-electron chi connectivity index (χ3n) is 2.33. The van der Waals surface area contributed by atoms with Crippen molar-refractivity contribution >= 4 is 6.29 Å². The van der Waals surface area contributed by atoms with E-state index in [1.807, 2.05) is 0 Å². The van der Waals surface area contributed by atoms with Crippen LogP contribution in [-0.4, -0.2) is 55.2 Å². The van der Waals surface area contributed by atoms with Crippen LogP contribution in [0.5, 0.6) is 0 Å². The van der Waals surface area contributed by atoms with Gasteiger partial charge in [-0.3, -0.25) is 4.90 Å². The Hall–Kier alpha value is -0.450. The summed E-state index contributed by atoms with van der Waals surface area (Å²) in [6.07, 6.45) is 2.42. The lowest BCUT2D eigenvalue weighted by Gasteiger charge is -2.31. The molecule has 1 rings (SSSR count). The van der Waals surface area contributed by atoms with E-state index in [2.05, 4.69) is 4.90 Å². The van der Waals surface area contributed by atoms with E-state index < -0.39 is 0 Å². The highest BCUT2D eigenvalue weighted by atomic mass is 16.5. The SMILES string of the molecule is O=CC(CCCO)N1CCOCC1. The van der Waals surface area contributed by atoms with Crippen LogP contribution in [0, 0.1) is 0 Å². The van der Waals surface area contributed by atoms with Crippen LogP contribution in [-0.2, 0) is 9.53 Å². The van der Waals surface area contributed by atoms with E-state index in [0.29, 0.717) is 19.6 Å². The zero-order chi connectivity index (χ0) is 9.52. The summed E-state index contributed by atoms with van der Waals surface area (Å²) in [6.45, 7) is 3.24. The molecule has 0 bridgehead atoms. The molecule has 1 aliphatic heterocycles. The van der Waals surface area contributed by atoms with Gasteiger partial charge in [0.05, 0.1) is 19.3 Å². The minimum Gasteiger partial charge on any atom is -0.396 e. The Morgan fingerprint density at radius 1 is 1.46 bits per heavy atom. The predicted octanol–water partition coefficient (Wildman–Crippen LogP) is -0.341. The summed E-state index contributed by atoms with van der Waals surface area (Å²) in [7, 11) is 0. The third-order valence-corrected chi connectivity index (χ3v) is 2.33. The van der Waals surface area contributed by atoms with E-state index in [-0.39, 0.29) is 12.6 Å². The highest BCUT2D eigenvalue weighted by Gasteiger charge is 2.19. The first-order valence-corrected chi connectivity index (χ1v) is 4.76.